The van der Waals surface area contributed by atoms with E-state index >= 15 is 0 Å². The minimum Gasteiger partial charge on any atom is -0.371 e. The van der Waals surface area contributed by atoms with E-state index in [0.29, 0.717) is 5.92 Å². The van der Waals surface area contributed by atoms with Crippen molar-refractivity contribution in [3.63, 3.8) is 0 Å². The van der Waals surface area contributed by atoms with Crippen molar-refractivity contribution in [2.45, 2.75) is 33.1 Å². The van der Waals surface area contributed by atoms with Crippen LogP contribution in [0.1, 0.15) is 40.1 Å². The molecular formula is C18H24N4OS. The Morgan fingerprint density at radius 3 is 2.67 bits per heavy atom. The van der Waals surface area contributed by atoms with Crippen LogP contribution in [0.4, 0.5) is 5.69 Å². The van der Waals surface area contributed by atoms with Crippen LogP contribution in [0.25, 0.3) is 0 Å². The van der Waals surface area contributed by atoms with Gasteiger partial charge < -0.3 is 10.2 Å². The van der Waals surface area contributed by atoms with E-state index in [0.717, 1.165) is 54.5 Å². The molecule has 0 radical (unpaired) electrons. The molecule has 0 aromatic carbocycles. The molecule has 3 rings (SSSR count). The van der Waals surface area contributed by atoms with Gasteiger partial charge in [0.25, 0.3) is 5.91 Å². The van der Waals surface area contributed by atoms with Gasteiger partial charge in [0.2, 0.25) is 0 Å². The van der Waals surface area contributed by atoms with Crippen molar-refractivity contribution in [3.05, 3.63) is 40.1 Å². The molecule has 0 saturated carbocycles. The summed E-state index contributed by atoms with van der Waals surface area (Å²) in [5, 5.41) is 4.14. The molecule has 0 bridgehead atoms. The monoisotopic (exact) mass is 344 g/mol. The summed E-state index contributed by atoms with van der Waals surface area (Å²) in [4.78, 5) is 24.0. The lowest BCUT2D eigenvalue weighted by Gasteiger charge is -2.33. The van der Waals surface area contributed by atoms with Crippen molar-refractivity contribution in [2.24, 2.45) is 5.92 Å². The van der Waals surface area contributed by atoms with Gasteiger partial charge in [0.05, 0.1) is 10.7 Å². The number of hydrogen-bond acceptors (Lipinski definition) is 5. The van der Waals surface area contributed by atoms with E-state index in [4.69, 9.17) is 0 Å². The molecule has 0 spiro atoms. The zero-order valence-electron chi connectivity index (χ0n) is 14.3. The zero-order valence-corrected chi connectivity index (χ0v) is 15.1. The number of carbonyl (C=O) groups excluding carboxylic acids is 1. The van der Waals surface area contributed by atoms with Gasteiger partial charge in [0.1, 0.15) is 4.88 Å². The lowest BCUT2D eigenvalue weighted by molar-refractivity contribution is 0.0948. The number of pyridine rings is 1. The van der Waals surface area contributed by atoms with E-state index in [2.05, 4.69) is 39.2 Å². The number of aryl methyl sites for hydroxylation is 2. The van der Waals surface area contributed by atoms with Crippen LogP contribution in [-0.2, 0) is 6.42 Å². The van der Waals surface area contributed by atoms with Gasteiger partial charge in [-0.25, -0.2) is 4.98 Å². The molecule has 1 saturated heterocycles. The predicted molar refractivity (Wildman–Crippen MR) is 97.7 cm³/mol. The molecule has 24 heavy (non-hydrogen) atoms. The first kappa shape index (κ1) is 16.9. The minimum absolute atomic E-state index is 0.0289. The van der Waals surface area contributed by atoms with E-state index in [1.807, 2.05) is 19.3 Å². The third kappa shape index (κ3) is 3.93. The topological polar surface area (TPSA) is 58.1 Å². The van der Waals surface area contributed by atoms with E-state index in [9.17, 15) is 4.79 Å². The summed E-state index contributed by atoms with van der Waals surface area (Å²) in [5.41, 5.74) is 2.08. The van der Waals surface area contributed by atoms with Crippen LogP contribution in [0.5, 0.6) is 0 Å². The molecule has 2 aromatic rings. The summed E-state index contributed by atoms with van der Waals surface area (Å²) in [6, 6.07) is 4.11. The predicted octanol–water partition coefficient (Wildman–Crippen LogP) is 3.06. The lowest BCUT2D eigenvalue weighted by atomic mass is 9.96. The lowest BCUT2D eigenvalue weighted by Crippen LogP contribution is -2.38. The molecular weight excluding hydrogens is 320 g/mol. The van der Waals surface area contributed by atoms with Gasteiger partial charge in [-0.15, -0.1) is 11.3 Å². The summed E-state index contributed by atoms with van der Waals surface area (Å²) in [6.07, 6.45) is 6.76. The molecule has 1 amide bonds. The summed E-state index contributed by atoms with van der Waals surface area (Å²) >= 11 is 1.51. The summed E-state index contributed by atoms with van der Waals surface area (Å²) < 4.78 is 0. The van der Waals surface area contributed by atoms with Crippen molar-refractivity contribution < 1.29 is 4.79 Å². The fraction of sp³-hybridized carbons (Fsp3) is 0.500. The number of nitrogens with one attached hydrogen (secondary N) is 1. The van der Waals surface area contributed by atoms with Crippen molar-refractivity contribution in [2.75, 3.05) is 24.5 Å². The number of amides is 1. The first-order chi connectivity index (χ1) is 11.7. The number of aromatic nitrogens is 2. The van der Waals surface area contributed by atoms with E-state index in [1.165, 1.54) is 17.0 Å². The Morgan fingerprint density at radius 2 is 2.04 bits per heavy atom. The maximum Gasteiger partial charge on any atom is 0.263 e. The first-order valence-electron chi connectivity index (χ1n) is 8.57. The molecule has 2 aromatic heterocycles. The van der Waals surface area contributed by atoms with Crippen LogP contribution in [-0.4, -0.2) is 35.5 Å². The summed E-state index contributed by atoms with van der Waals surface area (Å²) in [7, 11) is 0. The number of hydrogen-bond donors (Lipinski definition) is 1. The molecule has 0 unspecified atom stereocenters. The maximum absolute atomic E-state index is 12.4. The number of thiazole rings is 1. The molecule has 1 aliphatic heterocycles. The third-order valence-corrected chi connectivity index (χ3v) is 5.84. The normalized spacial score (nSPS) is 15.5. The fourth-order valence-corrected chi connectivity index (χ4v) is 4.00. The Morgan fingerprint density at radius 1 is 1.33 bits per heavy atom. The van der Waals surface area contributed by atoms with Gasteiger partial charge >= 0.3 is 0 Å². The van der Waals surface area contributed by atoms with Gasteiger partial charge in [0.15, 0.2) is 0 Å². The highest BCUT2D eigenvalue weighted by atomic mass is 32.1. The van der Waals surface area contributed by atoms with Crippen LogP contribution in [0.3, 0.4) is 0 Å². The Balaban J connectivity index is 1.48. The van der Waals surface area contributed by atoms with E-state index in [-0.39, 0.29) is 5.91 Å². The van der Waals surface area contributed by atoms with Gasteiger partial charge in [-0.3, -0.25) is 9.78 Å². The Kier molecular flexibility index (Phi) is 5.45. The molecule has 0 aliphatic carbocycles. The number of rotatable bonds is 5. The van der Waals surface area contributed by atoms with E-state index < -0.39 is 0 Å². The van der Waals surface area contributed by atoms with Crippen LogP contribution in [0.2, 0.25) is 0 Å². The smallest absolute Gasteiger partial charge is 0.263 e. The summed E-state index contributed by atoms with van der Waals surface area (Å²) in [6.45, 7) is 6.80. The Hall–Kier alpha value is -1.95. The summed E-state index contributed by atoms with van der Waals surface area (Å²) in [5.74, 6) is 0.576. The SMILES string of the molecule is CCc1nc(C)c(C(=O)NCC2CCN(c3ccncc3)CC2)s1. The van der Waals surface area contributed by atoms with E-state index in [1.54, 1.807) is 0 Å². The fourth-order valence-electron chi connectivity index (χ4n) is 3.08. The standard InChI is InChI=1S/C18H24N4OS/c1-3-16-21-13(2)17(24-16)18(23)20-12-14-6-10-22(11-7-14)15-4-8-19-9-5-15/h4-5,8-9,14H,3,6-7,10-12H2,1-2H3,(H,20,23). The van der Waals surface area contributed by atoms with Crippen LogP contribution in [0.15, 0.2) is 24.5 Å². The van der Waals surface area contributed by atoms with Crippen LogP contribution < -0.4 is 10.2 Å². The molecule has 1 aliphatic rings. The highest BCUT2D eigenvalue weighted by Crippen LogP contribution is 2.23. The average Bonchev–Trinajstić information content (AvgIpc) is 3.02. The molecule has 128 valence electrons. The second-order valence-corrected chi connectivity index (χ2v) is 7.31. The van der Waals surface area contributed by atoms with Crippen LogP contribution in [0, 0.1) is 12.8 Å². The number of nitrogens with zero attached hydrogens (tertiary/aromatic N) is 3. The van der Waals surface area contributed by atoms with Gasteiger partial charge in [-0.2, -0.15) is 0 Å². The first-order valence-corrected chi connectivity index (χ1v) is 9.38. The third-order valence-electron chi connectivity index (χ3n) is 4.54. The second-order valence-electron chi connectivity index (χ2n) is 6.22. The van der Waals surface area contributed by atoms with Crippen LogP contribution >= 0.6 is 11.3 Å². The Labute approximate surface area is 147 Å². The maximum atomic E-state index is 12.4. The van der Waals surface area contributed by atoms with Crippen molar-refractivity contribution in [3.8, 4) is 0 Å². The molecule has 3 heterocycles. The Bertz CT molecular complexity index is 678. The molecule has 1 N–H and O–H groups in total. The molecule has 6 heteroatoms. The highest BCUT2D eigenvalue weighted by Gasteiger charge is 2.21. The molecule has 5 nitrogen and oxygen atoms in total. The van der Waals surface area contributed by atoms with Crippen molar-refractivity contribution in [1.82, 2.24) is 15.3 Å². The number of anilines is 1. The minimum atomic E-state index is 0.0289. The van der Waals surface area contributed by atoms with Crippen molar-refractivity contribution in [1.29, 1.82) is 0 Å². The number of piperidine rings is 1. The number of carbonyl (C=O) groups is 1. The molecule has 1 fully saturated rings. The van der Waals surface area contributed by atoms with Gasteiger partial charge in [0, 0.05) is 37.7 Å². The quantitative estimate of drug-likeness (QED) is 0.906. The van der Waals surface area contributed by atoms with Crippen molar-refractivity contribution >= 4 is 22.9 Å². The molecule has 0 atom stereocenters. The zero-order chi connectivity index (χ0) is 16.9. The highest BCUT2D eigenvalue weighted by molar-refractivity contribution is 7.13. The van der Waals surface area contributed by atoms with Gasteiger partial charge in [-0.05, 0) is 44.2 Å². The average molecular weight is 344 g/mol. The largest absolute Gasteiger partial charge is 0.371 e. The van der Waals surface area contributed by atoms with Gasteiger partial charge in [-0.1, -0.05) is 6.92 Å². The second kappa shape index (κ2) is 7.75.